The first-order valence-corrected chi connectivity index (χ1v) is 6.87. The Morgan fingerprint density at radius 2 is 1.78 bits per heavy atom. The van der Waals surface area contributed by atoms with Crippen molar-refractivity contribution in [3.8, 4) is 0 Å². The van der Waals surface area contributed by atoms with Gasteiger partial charge >= 0.3 is 0 Å². The van der Waals surface area contributed by atoms with Crippen molar-refractivity contribution in [2.75, 3.05) is 22.9 Å². The molecule has 0 aromatic heterocycles. The van der Waals surface area contributed by atoms with Gasteiger partial charge in [0.15, 0.2) is 0 Å². The summed E-state index contributed by atoms with van der Waals surface area (Å²) in [4.78, 5) is 16.8. The van der Waals surface area contributed by atoms with Crippen molar-refractivity contribution in [2.24, 2.45) is 0 Å². The highest BCUT2D eigenvalue weighted by Crippen LogP contribution is 2.42. The van der Waals surface area contributed by atoms with E-state index in [1.807, 2.05) is 11.0 Å². The number of carbonyl (C=O) groups is 1. The number of rotatable bonds is 2. The van der Waals surface area contributed by atoms with Crippen molar-refractivity contribution < 1.29 is 4.79 Å². The molecule has 1 aromatic rings. The Labute approximate surface area is 107 Å². The van der Waals surface area contributed by atoms with Crippen LogP contribution >= 0.6 is 0 Å². The maximum Gasteiger partial charge on any atom is 0.234 e. The van der Waals surface area contributed by atoms with Gasteiger partial charge in [-0.1, -0.05) is 12.1 Å². The number of para-hydroxylation sites is 2. The van der Waals surface area contributed by atoms with Crippen LogP contribution in [0.4, 0.5) is 11.4 Å². The topological polar surface area (TPSA) is 23.6 Å². The van der Waals surface area contributed by atoms with E-state index < -0.39 is 0 Å². The smallest absolute Gasteiger partial charge is 0.234 e. The molecule has 1 heterocycles. The van der Waals surface area contributed by atoms with Crippen molar-refractivity contribution in [1.29, 1.82) is 0 Å². The highest BCUT2D eigenvalue weighted by atomic mass is 16.2. The van der Waals surface area contributed by atoms with E-state index in [2.05, 4.69) is 23.1 Å². The Bertz CT molecular complexity index is 491. The summed E-state index contributed by atoms with van der Waals surface area (Å²) in [5, 5.41) is 0. The first kappa shape index (κ1) is 10.4. The Hall–Kier alpha value is -1.51. The summed E-state index contributed by atoms with van der Waals surface area (Å²) in [6, 6.07) is 9.08. The Balaban J connectivity index is 1.70. The second-order valence-electron chi connectivity index (χ2n) is 5.47. The van der Waals surface area contributed by atoms with Crippen molar-refractivity contribution in [1.82, 2.24) is 0 Å². The van der Waals surface area contributed by atoms with Gasteiger partial charge in [-0.15, -0.1) is 0 Å². The third-order valence-corrected chi connectivity index (χ3v) is 4.08. The number of anilines is 2. The quantitative estimate of drug-likeness (QED) is 0.793. The summed E-state index contributed by atoms with van der Waals surface area (Å²) >= 11 is 0. The minimum Gasteiger partial charge on any atom is -0.365 e. The Kier molecular flexibility index (Phi) is 2.16. The Morgan fingerprint density at radius 3 is 2.44 bits per heavy atom. The van der Waals surface area contributed by atoms with Gasteiger partial charge in [0, 0.05) is 19.1 Å². The zero-order valence-electron chi connectivity index (χ0n) is 10.4. The van der Waals surface area contributed by atoms with E-state index in [1.165, 1.54) is 18.5 Å². The lowest BCUT2D eigenvalue weighted by molar-refractivity contribution is -0.116. The normalized spacial score (nSPS) is 22.9. The van der Waals surface area contributed by atoms with E-state index in [0.29, 0.717) is 0 Å². The second-order valence-corrected chi connectivity index (χ2v) is 5.47. The van der Waals surface area contributed by atoms with Crippen LogP contribution in [0.3, 0.4) is 0 Å². The molecule has 3 aliphatic rings. The van der Waals surface area contributed by atoms with Gasteiger partial charge in [0.1, 0.15) is 0 Å². The first-order valence-electron chi connectivity index (χ1n) is 6.87. The largest absolute Gasteiger partial charge is 0.365 e. The molecule has 0 saturated heterocycles. The first-order chi connectivity index (χ1) is 8.84. The van der Waals surface area contributed by atoms with E-state index in [4.69, 9.17) is 0 Å². The average molecular weight is 241 g/mol. The fourth-order valence-corrected chi connectivity index (χ4v) is 2.83. The lowest BCUT2D eigenvalue weighted by Gasteiger charge is -2.38. The van der Waals surface area contributed by atoms with Crippen LogP contribution in [0.25, 0.3) is 0 Å². The molecule has 0 bridgehead atoms. The van der Waals surface area contributed by atoms with E-state index in [1.54, 1.807) is 0 Å². The van der Waals surface area contributed by atoms with Gasteiger partial charge < -0.3 is 9.80 Å². The van der Waals surface area contributed by atoms with Crippen molar-refractivity contribution >= 4 is 17.3 Å². The molecule has 1 aliphatic heterocycles. The van der Waals surface area contributed by atoms with Crippen molar-refractivity contribution in [3.63, 3.8) is 0 Å². The minimum atomic E-state index is 0.262. The fraction of sp³-hybridized carbons (Fsp3) is 0.467. The molecule has 18 heavy (non-hydrogen) atoms. The maximum absolute atomic E-state index is 12.3. The summed E-state index contributed by atoms with van der Waals surface area (Å²) < 4.78 is 0. The van der Waals surface area contributed by atoms with E-state index >= 15 is 0 Å². The summed E-state index contributed by atoms with van der Waals surface area (Å²) in [6.45, 7) is 1.83. The third kappa shape index (κ3) is 1.61. The van der Waals surface area contributed by atoms with E-state index in [-0.39, 0.29) is 5.91 Å². The molecule has 1 radical (unpaired) electrons. The Morgan fingerprint density at radius 1 is 1.06 bits per heavy atom. The number of hydrogen-bond donors (Lipinski definition) is 0. The van der Waals surface area contributed by atoms with Crippen molar-refractivity contribution in [2.45, 2.75) is 31.7 Å². The van der Waals surface area contributed by atoms with Crippen LogP contribution in [0.1, 0.15) is 25.7 Å². The minimum absolute atomic E-state index is 0.262. The SMILES string of the molecule is O=C([C]1CC1)N1CCN(C2CC2)c2ccccc21. The molecule has 0 spiro atoms. The molecule has 2 aliphatic carbocycles. The summed E-state index contributed by atoms with van der Waals surface area (Å²) in [5.74, 6) is 1.36. The lowest BCUT2D eigenvalue weighted by atomic mass is 10.1. The molecule has 3 nitrogen and oxygen atoms in total. The predicted molar refractivity (Wildman–Crippen MR) is 71.6 cm³/mol. The zero-order valence-corrected chi connectivity index (χ0v) is 10.4. The van der Waals surface area contributed by atoms with Crippen LogP contribution in [-0.2, 0) is 4.79 Å². The molecule has 1 aromatic carbocycles. The average Bonchev–Trinajstić information content (AvgIpc) is 3.30. The molecule has 4 rings (SSSR count). The van der Waals surface area contributed by atoms with E-state index in [9.17, 15) is 4.79 Å². The number of benzene rings is 1. The molecule has 3 heteroatoms. The van der Waals surface area contributed by atoms with Crippen LogP contribution in [0.15, 0.2) is 24.3 Å². The molecular formula is C15H17N2O. The number of nitrogens with zero attached hydrogens (tertiary/aromatic N) is 2. The highest BCUT2D eigenvalue weighted by Gasteiger charge is 2.39. The van der Waals surface area contributed by atoms with Gasteiger partial charge in [0.25, 0.3) is 0 Å². The molecule has 0 N–H and O–H groups in total. The van der Waals surface area contributed by atoms with Gasteiger partial charge in [0.2, 0.25) is 5.91 Å². The lowest BCUT2D eigenvalue weighted by Crippen LogP contribution is -2.45. The molecule has 1 amide bonds. The number of carbonyl (C=O) groups excluding carboxylic acids is 1. The fourth-order valence-electron chi connectivity index (χ4n) is 2.83. The molecule has 2 saturated carbocycles. The molecule has 0 atom stereocenters. The second kappa shape index (κ2) is 3.74. The number of amides is 1. The van der Waals surface area contributed by atoms with Gasteiger partial charge in [-0.3, -0.25) is 4.79 Å². The van der Waals surface area contributed by atoms with Crippen LogP contribution in [0.5, 0.6) is 0 Å². The van der Waals surface area contributed by atoms with E-state index in [0.717, 1.165) is 43.6 Å². The molecular weight excluding hydrogens is 224 g/mol. The van der Waals surface area contributed by atoms with Crippen molar-refractivity contribution in [3.05, 3.63) is 30.2 Å². The third-order valence-electron chi connectivity index (χ3n) is 4.08. The molecule has 93 valence electrons. The number of fused-ring (bicyclic) bond motifs is 1. The molecule has 0 unspecified atom stereocenters. The zero-order chi connectivity index (χ0) is 12.1. The van der Waals surface area contributed by atoms with Crippen LogP contribution < -0.4 is 9.80 Å². The van der Waals surface area contributed by atoms with Gasteiger partial charge in [-0.2, -0.15) is 0 Å². The highest BCUT2D eigenvalue weighted by molar-refractivity contribution is 6.07. The van der Waals surface area contributed by atoms with Crippen LogP contribution in [0, 0.1) is 5.92 Å². The van der Waals surface area contributed by atoms with Gasteiger partial charge in [-0.05, 0) is 37.8 Å². The van der Waals surface area contributed by atoms with Gasteiger partial charge in [0.05, 0.1) is 17.3 Å². The standard InChI is InChI=1S/C15H17N2O/c18-15(11-5-6-11)17-10-9-16(12-7-8-12)13-3-1-2-4-14(13)17/h1-4,12H,5-10H2. The number of hydrogen-bond acceptors (Lipinski definition) is 2. The monoisotopic (exact) mass is 241 g/mol. The summed E-state index contributed by atoms with van der Waals surface area (Å²) in [7, 11) is 0. The predicted octanol–water partition coefficient (Wildman–Crippen LogP) is 2.37. The maximum atomic E-state index is 12.3. The molecule has 2 fully saturated rings. The summed E-state index contributed by atoms with van der Waals surface area (Å²) in [5.41, 5.74) is 2.36. The van der Waals surface area contributed by atoms with Crippen LogP contribution in [-0.4, -0.2) is 25.0 Å². The summed E-state index contributed by atoms with van der Waals surface area (Å²) in [6.07, 6.45) is 4.62. The van der Waals surface area contributed by atoms with Gasteiger partial charge in [-0.25, -0.2) is 0 Å². The van der Waals surface area contributed by atoms with Crippen LogP contribution in [0.2, 0.25) is 0 Å².